The molecule has 1 amide bonds. The van der Waals surface area contributed by atoms with Crippen LogP contribution in [0, 0.1) is 0 Å². The number of benzene rings is 2. The molecule has 1 aromatic heterocycles. The molecule has 120 valence electrons. The van der Waals surface area contributed by atoms with E-state index in [1.807, 2.05) is 24.3 Å². The number of anilines is 1. The van der Waals surface area contributed by atoms with Crippen molar-refractivity contribution < 1.29 is 13.9 Å². The number of para-hydroxylation sites is 3. The van der Waals surface area contributed by atoms with Gasteiger partial charge in [-0.05, 0) is 42.5 Å². The normalized spacial score (nSPS) is 10.7. The van der Waals surface area contributed by atoms with E-state index in [-0.39, 0.29) is 5.91 Å². The Labute approximate surface area is 144 Å². The quantitative estimate of drug-likeness (QED) is 0.635. The number of rotatable bonds is 5. The summed E-state index contributed by atoms with van der Waals surface area (Å²) in [6, 6.07) is 17.8. The molecule has 0 aliphatic rings. The predicted molar refractivity (Wildman–Crippen MR) is 94.3 cm³/mol. The molecule has 0 spiro atoms. The first kappa shape index (κ1) is 15.9. The van der Waals surface area contributed by atoms with Gasteiger partial charge in [0.05, 0.1) is 17.0 Å². The molecule has 2 aromatic carbocycles. The zero-order valence-corrected chi connectivity index (χ0v) is 13.4. The molecule has 0 saturated carbocycles. The van der Waals surface area contributed by atoms with Crippen molar-refractivity contribution in [2.75, 3.05) is 5.32 Å². The molecule has 0 bridgehead atoms. The lowest BCUT2D eigenvalue weighted by atomic mass is 10.2. The molecule has 24 heavy (non-hydrogen) atoms. The summed E-state index contributed by atoms with van der Waals surface area (Å²) in [6.07, 6.45) is 4.53. The summed E-state index contributed by atoms with van der Waals surface area (Å²) in [5.74, 6) is 1.34. The number of carbonyl (C=O) groups is 1. The Balaban J connectivity index is 1.74. The molecule has 1 heterocycles. The van der Waals surface area contributed by atoms with E-state index >= 15 is 0 Å². The van der Waals surface area contributed by atoms with Crippen LogP contribution in [0.3, 0.4) is 0 Å². The molecule has 3 rings (SSSR count). The number of hydrogen-bond donors (Lipinski definition) is 1. The van der Waals surface area contributed by atoms with Gasteiger partial charge in [-0.25, -0.2) is 0 Å². The van der Waals surface area contributed by atoms with Gasteiger partial charge in [0.1, 0.15) is 11.5 Å². The van der Waals surface area contributed by atoms with E-state index in [1.54, 1.807) is 48.7 Å². The minimum atomic E-state index is -0.290. The summed E-state index contributed by atoms with van der Waals surface area (Å²) in [4.78, 5) is 12.1. The second-order valence-corrected chi connectivity index (χ2v) is 5.27. The number of furan rings is 1. The third-order valence-electron chi connectivity index (χ3n) is 3.14. The summed E-state index contributed by atoms with van der Waals surface area (Å²) >= 11 is 6.11. The fourth-order valence-electron chi connectivity index (χ4n) is 2.02. The van der Waals surface area contributed by atoms with Crippen LogP contribution < -0.4 is 10.1 Å². The number of hydrogen-bond acceptors (Lipinski definition) is 3. The van der Waals surface area contributed by atoms with E-state index in [4.69, 9.17) is 20.8 Å². The van der Waals surface area contributed by atoms with Crippen molar-refractivity contribution in [1.29, 1.82) is 0 Å². The van der Waals surface area contributed by atoms with E-state index in [1.165, 1.54) is 6.08 Å². The van der Waals surface area contributed by atoms with Gasteiger partial charge in [0.25, 0.3) is 0 Å². The van der Waals surface area contributed by atoms with Crippen molar-refractivity contribution in [3.8, 4) is 11.5 Å². The van der Waals surface area contributed by atoms with E-state index in [0.717, 1.165) is 0 Å². The molecule has 0 saturated heterocycles. The molecular formula is C19H14ClNO3. The fraction of sp³-hybridized carbons (Fsp3) is 0. The Morgan fingerprint density at radius 3 is 2.50 bits per heavy atom. The van der Waals surface area contributed by atoms with E-state index < -0.39 is 0 Å². The molecule has 0 aliphatic carbocycles. The molecule has 0 aliphatic heterocycles. The summed E-state index contributed by atoms with van der Waals surface area (Å²) in [6.45, 7) is 0. The monoisotopic (exact) mass is 339 g/mol. The van der Waals surface area contributed by atoms with Crippen molar-refractivity contribution >= 4 is 29.3 Å². The van der Waals surface area contributed by atoms with Crippen molar-refractivity contribution in [2.24, 2.45) is 0 Å². The van der Waals surface area contributed by atoms with E-state index in [2.05, 4.69) is 5.32 Å². The minimum absolute atomic E-state index is 0.290. The van der Waals surface area contributed by atoms with Crippen LogP contribution in [0.25, 0.3) is 6.08 Å². The van der Waals surface area contributed by atoms with Gasteiger partial charge in [-0.2, -0.15) is 0 Å². The number of halogens is 1. The summed E-state index contributed by atoms with van der Waals surface area (Å²) in [5, 5.41) is 3.27. The van der Waals surface area contributed by atoms with Crippen LogP contribution in [0.15, 0.2) is 77.4 Å². The maximum Gasteiger partial charge on any atom is 0.248 e. The Morgan fingerprint density at radius 2 is 1.75 bits per heavy atom. The van der Waals surface area contributed by atoms with Gasteiger partial charge in [-0.15, -0.1) is 0 Å². The Hall–Kier alpha value is -2.98. The minimum Gasteiger partial charge on any atom is -0.465 e. The van der Waals surface area contributed by atoms with Crippen LogP contribution >= 0.6 is 11.6 Å². The maximum atomic E-state index is 12.1. The molecule has 5 heteroatoms. The molecule has 1 N–H and O–H groups in total. The van der Waals surface area contributed by atoms with Gasteiger partial charge in [0, 0.05) is 6.08 Å². The van der Waals surface area contributed by atoms with Crippen LogP contribution in [0.5, 0.6) is 11.5 Å². The van der Waals surface area contributed by atoms with Crippen molar-refractivity contribution in [2.45, 2.75) is 0 Å². The molecule has 3 aromatic rings. The van der Waals surface area contributed by atoms with E-state index in [0.29, 0.717) is 28.0 Å². The van der Waals surface area contributed by atoms with Crippen LogP contribution in [-0.2, 0) is 4.79 Å². The number of ether oxygens (including phenoxy) is 1. The molecule has 0 unspecified atom stereocenters. The number of carbonyl (C=O) groups excluding carboxylic acids is 1. The summed E-state index contributed by atoms with van der Waals surface area (Å²) in [5.41, 5.74) is 0.548. The van der Waals surface area contributed by atoms with Gasteiger partial charge in [-0.1, -0.05) is 35.9 Å². The average molecular weight is 340 g/mol. The lowest BCUT2D eigenvalue weighted by Crippen LogP contribution is -2.08. The fourth-order valence-corrected chi connectivity index (χ4v) is 2.20. The molecule has 0 atom stereocenters. The SMILES string of the molecule is O=C(C=Cc1ccco1)Nc1ccccc1Oc1ccccc1Cl. The Morgan fingerprint density at radius 1 is 1.00 bits per heavy atom. The zero-order valence-electron chi connectivity index (χ0n) is 12.6. The topological polar surface area (TPSA) is 51.5 Å². The first-order valence-corrected chi connectivity index (χ1v) is 7.64. The highest BCUT2D eigenvalue weighted by atomic mass is 35.5. The highest BCUT2D eigenvalue weighted by Crippen LogP contribution is 2.33. The highest BCUT2D eigenvalue weighted by Gasteiger charge is 2.08. The number of nitrogens with one attached hydrogen (secondary N) is 1. The molecule has 4 nitrogen and oxygen atoms in total. The molecular weight excluding hydrogens is 326 g/mol. The third-order valence-corrected chi connectivity index (χ3v) is 3.46. The van der Waals surface area contributed by atoms with Gasteiger partial charge >= 0.3 is 0 Å². The largest absolute Gasteiger partial charge is 0.465 e. The molecule has 0 fully saturated rings. The van der Waals surface area contributed by atoms with E-state index in [9.17, 15) is 4.79 Å². The summed E-state index contributed by atoms with van der Waals surface area (Å²) < 4.78 is 10.9. The maximum absolute atomic E-state index is 12.1. The third kappa shape index (κ3) is 4.06. The lowest BCUT2D eigenvalue weighted by Gasteiger charge is -2.12. The van der Waals surface area contributed by atoms with Gasteiger partial charge in [-0.3, -0.25) is 4.79 Å². The standard InChI is InChI=1S/C19H14ClNO3/c20-15-7-1-3-9-17(15)24-18-10-4-2-8-16(18)21-19(22)12-11-14-6-5-13-23-14/h1-13H,(H,21,22). The average Bonchev–Trinajstić information content (AvgIpc) is 3.10. The van der Waals surface area contributed by atoms with Crippen LogP contribution in [-0.4, -0.2) is 5.91 Å². The zero-order chi connectivity index (χ0) is 16.8. The second-order valence-electron chi connectivity index (χ2n) is 4.87. The van der Waals surface area contributed by atoms with Gasteiger partial charge < -0.3 is 14.5 Å². The highest BCUT2D eigenvalue weighted by molar-refractivity contribution is 6.32. The lowest BCUT2D eigenvalue weighted by molar-refractivity contribution is -0.111. The summed E-state index contributed by atoms with van der Waals surface area (Å²) in [7, 11) is 0. The predicted octanol–water partition coefficient (Wildman–Crippen LogP) is 5.38. The van der Waals surface area contributed by atoms with Crippen molar-refractivity contribution in [1.82, 2.24) is 0 Å². The van der Waals surface area contributed by atoms with Crippen LogP contribution in [0.1, 0.15) is 5.76 Å². The van der Waals surface area contributed by atoms with Crippen LogP contribution in [0.2, 0.25) is 5.02 Å². The van der Waals surface area contributed by atoms with Crippen LogP contribution in [0.4, 0.5) is 5.69 Å². The number of amides is 1. The van der Waals surface area contributed by atoms with Crippen molar-refractivity contribution in [3.05, 3.63) is 83.8 Å². The van der Waals surface area contributed by atoms with Crippen molar-refractivity contribution in [3.63, 3.8) is 0 Å². The molecule has 0 radical (unpaired) electrons. The Kier molecular flexibility index (Phi) is 4.99. The first-order valence-electron chi connectivity index (χ1n) is 7.26. The smallest absolute Gasteiger partial charge is 0.248 e. The van der Waals surface area contributed by atoms with Gasteiger partial charge in [0.2, 0.25) is 5.91 Å². The Bertz CT molecular complexity index is 857. The second kappa shape index (κ2) is 7.53. The first-order chi connectivity index (χ1) is 11.7. The van der Waals surface area contributed by atoms with Gasteiger partial charge in [0.15, 0.2) is 5.75 Å².